The van der Waals surface area contributed by atoms with E-state index >= 15 is 0 Å². The first-order valence-corrected chi connectivity index (χ1v) is 6.00. The summed E-state index contributed by atoms with van der Waals surface area (Å²) in [6.07, 6.45) is 3.30. The standard InChI is InChI=1S/C14H16N4O/c1-11-4-6-12(7-5-11)17-13(19)10-18(2)14-15-8-3-9-16-14/h3-9H,10H2,1-2H3,(H,17,19). The van der Waals surface area contributed by atoms with Gasteiger partial charge in [0.2, 0.25) is 11.9 Å². The van der Waals surface area contributed by atoms with E-state index in [4.69, 9.17) is 0 Å². The third-order valence-electron chi connectivity index (χ3n) is 2.61. The Bertz CT molecular complexity index is 539. The summed E-state index contributed by atoms with van der Waals surface area (Å²) in [6, 6.07) is 9.42. The molecule has 0 atom stereocenters. The number of nitrogens with zero attached hydrogens (tertiary/aromatic N) is 3. The average molecular weight is 256 g/mol. The summed E-state index contributed by atoms with van der Waals surface area (Å²) in [4.78, 5) is 21.7. The Morgan fingerprint density at radius 3 is 2.47 bits per heavy atom. The Hall–Kier alpha value is -2.43. The van der Waals surface area contributed by atoms with Gasteiger partial charge < -0.3 is 10.2 Å². The van der Waals surface area contributed by atoms with E-state index in [1.807, 2.05) is 31.2 Å². The smallest absolute Gasteiger partial charge is 0.243 e. The van der Waals surface area contributed by atoms with Crippen LogP contribution in [0.5, 0.6) is 0 Å². The minimum absolute atomic E-state index is 0.0983. The fraction of sp³-hybridized carbons (Fsp3) is 0.214. The van der Waals surface area contributed by atoms with Crippen LogP contribution in [-0.2, 0) is 4.79 Å². The summed E-state index contributed by atoms with van der Waals surface area (Å²) < 4.78 is 0. The predicted molar refractivity (Wildman–Crippen MR) is 75.1 cm³/mol. The molecule has 1 aromatic heterocycles. The first kappa shape index (κ1) is 13.0. The molecule has 1 N–H and O–H groups in total. The molecule has 0 saturated heterocycles. The van der Waals surface area contributed by atoms with Crippen molar-refractivity contribution in [3.63, 3.8) is 0 Å². The van der Waals surface area contributed by atoms with Crippen LogP contribution < -0.4 is 10.2 Å². The van der Waals surface area contributed by atoms with Crippen LogP contribution in [0.1, 0.15) is 5.56 Å². The molecule has 1 amide bonds. The Morgan fingerprint density at radius 2 is 1.84 bits per heavy atom. The first-order valence-electron chi connectivity index (χ1n) is 6.00. The van der Waals surface area contributed by atoms with E-state index in [0.29, 0.717) is 5.95 Å². The molecule has 0 aliphatic carbocycles. The van der Waals surface area contributed by atoms with Crippen molar-refractivity contribution in [1.29, 1.82) is 0 Å². The monoisotopic (exact) mass is 256 g/mol. The molecule has 5 heteroatoms. The fourth-order valence-electron chi connectivity index (χ4n) is 1.61. The van der Waals surface area contributed by atoms with Crippen molar-refractivity contribution in [3.8, 4) is 0 Å². The Morgan fingerprint density at radius 1 is 1.21 bits per heavy atom. The topological polar surface area (TPSA) is 58.1 Å². The van der Waals surface area contributed by atoms with E-state index < -0.39 is 0 Å². The molecule has 0 aliphatic rings. The van der Waals surface area contributed by atoms with Crippen molar-refractivity contribution in [2.75, 3.05) is 23.8 Å². The van der Waals surface area contributed by atoms with E-state index in [2.05, 4.69) is 15.3 Å². The van der Waals surface area contributed by atoms with Gasteiger partial charge in [-0.2, -0.15) is 0 Å². The van der Waals surface area contributed by atoms with Crippen molar-refractivity contribution >= 4 is 17.5 Å². The van der Waals surface area contributed by atoms with E-state index in [1.54, 1.807) is 30.4 Å². The zero-order chi connectivity index (χ0) is 13.7. The second-order valence-corrected chi connectivity index (χ2v) is 4.32. The molecule has 1 aromatic carbocycles. The van der Waals surface area contributed by atoms with Gasteiger partial charge in [-0.15, -0.1) is 0 Å². The third-order valence-corrected chi connectivity index (χ3v) is 2.61. The van der Waals surface area contributed by atoms with Crippen LogP contribution in [0.15, 0.2) is 42.7 Å². The highest BCUT2D eigenvalue weighted by molar-refractivity contribution is 5.93. The number of nitrogens with one attached hydrogen (secondary N) is 1. The van der Waals surface area contributed by atoms with Gasteiger partial charge in [0, 0.05) is 25.1 Å². The second kappa shape index (κ2) is 5.95. The molecule has 0 bridgehead atoms. The summed E-state index contributed by atoms with van der Waals surface area (Å²) in [7, 11) is 1.78. The molecule has 0 spiro atoms. The lowest BCUT2D eigenvalue weighted by Gasteiger charge is -2.16. The van der Waals surface area contributed by atoms with Crippen molar-refractivity contribution in [2.45, 2.75) is 6.92 Å². The number of carbonyl (C=O) groups is 1. The minimum Gasteiger partial charge on any atom is -0.335 e. The maximum absolute atomic E-state index is 11.9. The van der Waals surface area contributed by atoms with Gasteiger partial charge in [-0.05, 0) is 25.1 Å². The van der Waals surface area contributed by atoms with E-state index in [9.17, 15) is 4.79 Å². The van der Waals surface area contributed by atoms with Crippen LogP contribution in [0.4, 0.5) is 11.6 Å². The highest BCUT2D eigenvalue weighted by Crippen LogP contribution is 2.09. The molecule has 0 aliphatic heterocycles. The van der Waals surface area contributed by atoms with E-state index in [0.717, 1.165) is 11.3 Å². The van der Waals surface area contributed by atoms with Gasteiger partial charge in [-0.3, -0.25) is 4.79 Å². The van der Waals surface area contributed by atoms with Crippen LogP contribution >= 0.6 is 0 Å². The number of hydrogen-bond acceptors (Lipinski definition) is 4. The van der Waals surface area contributed by atoms with Crippen molar-refractivity contribution in [3.05, 3.63) is 48.3 Å². The lowest BCUT2D eigenvalue weighted by atomic mass is 10.2. The van der Waals surface area contributed by atoms with Gasteiger partial charge in [0.25, 0.3) is 0 Å². The average Bonchev–Trinajstić information content (AvgIpc) is 2.42. The van der Waals surface area contributed by atoms with Gasteiger partial charge in [0.05, 0.1) is 6.54 Å². The number of anilines is 2. The summed E-state index contributed by atoms with van der Waals surface area (Å²) in [5.41, 5.74) is 1.95. The molecule has 0 unspecified atom stereocenters. The van der Waals surface area contributed by atoms with Crippen molar-refractivity contribution < 1.29 is 4.79 Å². The summed E-state index contributed by atoms with van der Waals surface area (Å²) >= 11 is 0. The molecule has 0 saturated carbocycles. The summed E-state index contributed by atoms with van der Waals surface area (Å²) in [5.74, 6) is 0.431. The van der Waals surface area contributed by atoms with Crippen LogP contribution in [-0.4, -0.2) is 29.5 Å². The molecule has 1 heterocycles. The quantitative estimate of drug-likeness (QED) is 0.907. The first-order chi connectivity index (χ1) is 9.15. The van der Waals surface area contributed by atoms with Crippen LogP contribution in [0.25, 0.3) is 0 Å². The Labute approximate surface area is 112 Å². The van der Waals surface area contributed by atoms with Crippen LogP contribution in [0.3, 0.4) is 0 Å². The van der Waals surface area contributed by atoms with Gasteiger partial charge in [0.15, 0.2) is 0 Å². The largest absolute Gasteiger partial charge is 0.335 e. The second-order valence-electron chi connectivity index (χ2n) is 4.32. The molecule has 98 valence electrons. The number of likely N-dealkylation sites (N-methyl/N-ethyl adjacent to an activating group) is 1. The molecule has 0 radical (unpaired) electrons. The van der Waals surface area contributed by atoms with Gasteiger partial charge in [-0.25, -0.2) is 9.97 Å². The zero-order valence-electron chi connectivity index (χ0n) is 11.0. The lowest BCUT2D eigenvalue weighted by Crippen LogP contribution is -2.31. The van der Waals surface area contributed by atoms with Crippen LogP contribution in [0.2, 0.25) is 0 Å². The molecule has 2 rings (SSSR count). The maximum atomic E-state index is 11.9. The SMILES string of the molecule is Cc1ccc(NC(=O)CN(C)c2ncccn2)cc1. The normalized spacial score (nSPS) is 10.0. The number of rotatable bonds is 4. The molecular weight excluding hydrogens is 240 g/mol. The van der Waals surface area contributed by atoms with E-state index in [-0.39, 0.29) is 12.5 Å². The van der Waals surface area contributed by atoms with Gasteiger partial charge in [0.1, 0.15) is 0 Å². The summed E-state index contributed by atoms with van der Waals surface area (Å²) in [6.45, 7) is 2.21. The number of carbonyl (C=O) groups excluding carboxylic acids is 1. The number of aromatic nitrogens is 2. The van der Waals surface area contributed by atoms with E-state index in [1.165, 1.54) is 0 Å². The molecule has 0 fully saturated rings. The number of benzene rings is 1. The minimum atomic E-state index is -0.0983. The number of hydrogen-bond donors (Lipinski definition) is 1. The van der Waals surface area contributed by atoms with Crippen molar-refractivity contribution in [1.82, 2.24) is 9.97 Å². The molecular formula is C14H16N4O. The zero-order valence-corrected chi connectivity index (χ0v) is 11.0. The highest BCUT2D eigenvalue weighted by atomic mass is 16.2. The maximum Gasteiger partial charge on any atom is 0.243 e. The predicted octanol–water partition coefficient (Wildman–Crippen LogP) is 1.86. The summed E-state index contributed by atoms with van der Waals surface area (Å²) in [5, 5.41) is 2.83. The highest BCUT2D eigenvalue weighted by Gasteiger charge is 2.09. The molecule has 5 nitrogen and oxygen atoms in total. The molecule has 2 aromatic rings. The Kier molecular flexibility index (Phi) is 4.07. The molecule has 19 heavy (non-hydrogen) atoms. The number of aryl methyl sites for hydroxylation is 1. The third kappa shape index (κ3) is 3.77. The van der Waals surface area contributed by atoms with Gasteiger partial charge >= 0.3 is 0 Å². The Balaban J connectivity index is 1.93. The van der Waals surface area contributed by atoms with Gasteiger partial charge in [-0.1, -0.05) is 17.7 Å². The lowest BCUT2D eigenvalue weighted by molar-refractivity contribution is -0.114. The number of amides is 1. The van der Waals surface area contributed by atoms with Crippen molar-refractivity contribution in [2.24, 2.45) is 0 Å². The fourth-order valence-corrected chi connectivity index (χ4v) is 1.61. The van der Waals surface area contributed by atoms with Crippen LogP contribution in [0, 0.1) is 6.92 Å².